The molecule has 1 aliphatic heterocycles. The van der Waals surface area contributed by atoms with Crippen LogP contribution < -0.4 is 15.8 Å². The number of rotatable bonds is 6. The average Bonchev–Trinajstić information content (AvgIpc) is 2.88. The SMILES string of the molecule is CC(=O)O.CC(=O)O.CN1CCOCC(CNC(=O)c2cc(Cl)ccc2OCCN)C1. The standard InChI is InChI=1S/C16H24ClN3O3.2C2H4O2/c1-20-5-7-22-11-12(10-20)9-19-16(21)14-8-13(17)2-3-15(14)23-6-4-18;2*1-2(3)4/h2-3,8,12H,4-7,9-11,18H2,1H3,(H,19,21);2*1H3,(H,3,4). The maximum Gasteiger partial charge on any atom is 0.300 e. The highest BCUT2D eigenvalue weighted by Gasteiger charge is 2.19. The van der Waals surface area contributed by atoms with Crippen LogP contribution in [-0.2, 0) is 14.3 Å². The lowest BCUT2D eigenvalue weighted by atomic mass is 10.1. The molecule has 0 saturated carbocycles. The van der Waals surface area contributed by atoms with Gasteiger partial charge in [-0.25, -0.2) is 0 Å². The van der Waals surface area contributed by atoms with Crippen molar-refractivity contribution in [2.24, 2.45) is 11.7 Å². The van der Waals surface area contributed by atoms with Gasteiger partial charge in [0.2, 0.25) is 0 Å². The van der Waals surface area contributed by atoms with Gasteiger partial charge in [-0.3, -0.25) is 14.4 Å². The molecular formula is C20H32ClN3O7. The molecule has 1 fully saturated rings. The average molecular weight is 462 g/mol. The Bertz CT molecular complexity index is 683. The summed E-state index contributed by atoms with van der Waals surface area (Å²) in [6.07, 6.45) is 0. The highest BCUT2D eigenvalue weighted by atomic mass is 35.5. The molecule has 10 nitrogen and oxygen atoms in total. The van der Waals surface area contributed by atoms with E-state index in [1.807, 2.05) is 0 Å². The molecule has 5 N–H and O–H groups in total. The fourth-order valence-electron chi connectivity index (χ4n) is 2.49. The molecular weight excluding hydrogens is 430 g/mol. The molecule has 1 heterocycles. The van der Waals surface area contributed by atoms with Crippen LogP contribution in [0.2, 0.25) is 5.02 Å². The Balaban J connectivity index is 0.000000967. The minimum Gasteiger partial charge on any atom is -0.491 e. The summed E-state index contributed by atoms with van der Waals surface area (Å²) in [5, 5.41) is 18.3. The van der Waals surface area contributed by atoms with E-state index < -0.39 is 11.9 Å². The lowest BCUT2D eigenvalue weighted by Gasteiger charge is -2.19. The van der Waals surface area contributed by atoms with Crippen molar-refractivity contribution >= 4 is 29.4 Å². The maximum absolute atomic E-state index is 12.5. The first kappa shape index (κ1) is 28.6. The normalized spacial score (nSPS) is 15.8. The van der Waals surface area contributed by atoms with Crippen LogP contribution in [0, 0.1) is 5.92 Å². The van der Waals surface area contributed by atoms with Crippen molar-refractivity contribution in [2.45, 2.75) is 13.8 Å². The highest BCUT2D eigenvalue weighted by Crippen LogP contribution is 2.23. The van der Waals surface area contributed by atoms with Gasteiger partial charge in [0.05, 0.1) is 18.8 Å². The molecule has 1 saturated heterocycles. The van der Waals surface area contributed by atoms with Gasteiger partial charge in [-0.15, -0.1) is 0 Å². The molecule has 0 aliphatic carbocycles. The molecule has 0 spiro atoms. The van der Waals surface area contributed by atoms with Crippen LogP contribution in [0.3, 0.4) is 0 Å². The third kappa shape index (κ3) is 15.1. The van der Waals surface area contributed by atoms with Crippen LogP contribution in [0.25, 0.3) is 0 Å². The number of amides is 1. The molecule has 1 aromatic rings. The third-order valence-corrected chi connectivity index (χ3v) is 3.89. The molecule has 31 heavy (non-hydrogen) atoms. The zero-order valence-electron chi connectivity index (χ0n) is 18.1. The molecule has 176 valence electrons. The number of carboxylic acids is 2. The maximum atomic E-state index is 12.5. The summed E-state index contributed by atoms with van der Waals surface area (Å²) >= 11 is 6.00. The van der Waals surface area contributed by atoms with Gasteiger partial charge in [0, 0.05) is 51.0 Å². The lowest BCUT2D eigenvalue weighted by molar-refractivity contribution is -0.135. The summed E-state index contributed by atoms with van der Waals surface area (Å²) in [4.78, 5) is 32.7. The molecule has 0 radical (unpaired) electrons. The minimum absolute atomic E-state index is 0.202. The number of carboxylic acid groups (broad SMARTS) is 2. The van der Waals surface area contributed by atoms with Crippen LogP contribution >= 0.6 is 11.6 Å². The van der Waals surface area contributed by atoms with Crippen molar-refractivity contribution in [3.63, 3.8) is 0 Å². The van der Waals surface area contributed by atoms with Gasteiger partial charge >= 0.3 is 0 Å². The quantitative estimate of drug-likeness (QED) is 0.489. The summed E-state index contributed by atoms with van der Waals surface area (Å²) in [6.45, 7) is 6.63. The number of nitrogens with zero attached hydrogens (tertiary/aromatic N) is 1. The topological polar surface area (TPSA) is 151 Å². The number of carbonyl (C=O) groups excluding carboxylic acids is 1. The van der Waals surface area contributed by atoms with Crippen molar-refractivity contribution in [1.82, 2.24) is 10.2 Å². The number of hydrogen-bond acceptors (Lipinski definition) is 7. The fourth-order valence-corrected chi connectivity index (χ4v) is 2.66. The van der Waals surface area contributed by atoms with Gasteiger partial charge in [0.15, 0.2) is 0 Å². The van der Waals surface area contributed by atoms with E-state index in [2.05, 4.69) is 17.3 Å². The van der Waals surface area contributed by atoms with Crippen molar-refractivity contribution < 1.29 is 34.1 Å². The minimum atomic E-state index is -0.833. The summed E-state index contributed by atoms with van der Waals surface area (Å²) in [7, 11) is 2.05. The van der Waals surface area contributed by atoms with E-state index in [1.54, 1.807) is 18.2 Å². The number of carbonyl (C=O) groups is 3. The molecule has 1 aliphatic rings. The van der Waals surface area contributed by atoms with Crippen molar-refractivity contribution in [3.8, 4) is 5.75 Å². The van der Waals surface area contributed by atoms with Crippen molar-refractivity contribution in [1.29, 1.82) is 0 Å². The second kappa shape index (κ2) is 16.3. The van der Waals surface area contributed by atoms with Gasteiger partial charge < -0.3 is 35.6 Å². The van der Waals surface area contributed by atoms with Gasteiger partial charge in [-0.1, -0.05) is 11.6 Å². The van der Waals surface area contributed by atoms with E-state index in [4.69, 9.17) is 46.6 Å². The monoisotopic (exact) mass is 461 g/mol. The number of ether oxygens (including phenoxy) is 2. The highest BCUT2D eigenvalue weighted by molar-refractivity contribution is 6.31. The number of likely N-dealkylation sites (N-methyl/N-ethyl adjacent to an activating group) is 1. The molecule has 0 bridgehead atoms. The number of halogens is 1. The third-order valence-electron chi connectivity index (χ3n) is 3.65. The van der Waals surface area contributed by atoms with Crippen LogP contribution in [0.1, 0.15) is 24.2 Å². The Morgan fingerprint density at radius 2 is 1.90 bits per heavy atom. The first-order chi connectivity index (χ1) is 14.6. The lowest BCUT2D eigenvalue weighted by Crippen LogP contribution is -2.36. The van der Waals surface area contributed by atoms with Crippen LogP contribution in [0.5, 0.6) is 5.75 Å². The predicted octanol–water partition coefficient (Wildman–Crippen LogP) is 1.17. The summed E-state index contributed by atoms with van der Waals surface area (Å²) in [6, 6.07) is 4.99. The van der Waals surface area contributed by atoms with Crippen LogP contribution in [-0.4, -0.2) is 86.0 Å². The van der Waals surface area contributed by atoms with Gasteiger partial charge in [0.25, 0.3) is 17.8 Å². The molecule has 1 amide bonds. The number of hydrogen-bond donors (Lipinski definition) is 4. The van der Waals surface area contributed by atoms with Crippen LogP contribution in [0.4, 0.5) is 0 Å². The first-order valence-electron chi connectivity index (χ1n) is 9.62. The van der Waals surface area contributed by atoms with E-state index in [1.165, 1.54) is 0 Å². The first-order valence-corrected chi connectivity index (χ1v) is 10.0. The molecule has 0 aromatic heterocycles. The van der Waals surface area contributed by atoms with E-state index >= 15 is 0 Å². The number of nitrogens with one attached hydrogen (secondary N) is 1. The smallest absolute Gasteiger partial charge is 0.300 e. The molecule has 1 aromatic carbocycles. The largest absolute Gasteiger partial charge is 0.491 e. The zero-order chi connectivity index (χ0) is 23.8. The number of aliphatic carboxylic acids is 2. The van der Waals surface area contributed by atoms with Gasteiger partial charge in [0.1, 0.15) is 12.4 Å². The Morgan fingerprint density at radius 3 is 2.48 bits per heavy atom. The second-order valence-corrected chi connectivity index (χ2v) is 7.17. The van der Waals surface area contributed by atoms with E-state index in [9.17, 15) is 4.79 Å². The molecule has 11 heteroatoms. The summed E-state index contributed by atoms with van der Waals surface area (Å²) in [5.74, 6) is -1.11. The number of benzene rings is 1. The summed E-state index contributed by atoms with van der Waals surface area (Å²) < 4.78 is 11.1. The van der Waals surface area contributed by atoms with E-state index in [0.29, 0.717) is 42.6 Å². The summed E-state index contributed by atoms with van der Waals surface area (Å²) in [5.41, 5.74) is 5.87. The predicted molar refractivity (Wildman–Crippen MR) is 117 cm³/mol. The Labute approximate surface area is 187 Å². The van der Waals surface area contributed by atoms with Crippen molar-refractivity contribution in [2.75, 3.05) is 53.0 Å². The Kier molecular flexibility index (Phi) is 15.0. The van der Waals surface area contributed by atoms with Crippen LogP contribution in [0.15, 0.2) is 18.2 Å². The fraction of sp³-hybridized carbons (Fsp3) is 0.550. The Morgan fingerprint density at radius 1 is 1.29 bits per heavy atom. The second-order valence-electron chi connectivity index (χ2n) is 6.73. The van der Waals surface area contributed by atoms with E-state index in [0.717, 1.165) is 33.5 Å². The molecule has 1 unspecified atom stereocenters. The van der Waals surface area contributed by atoms with Gasteiger partial charge in [-0.05, 0) is 25.2 Å². The molecule has 1 atom stereocenters. The Hall–Kier alpha value is -2.40. The zero-order valence-corrected chi connectivity index (χ0v) is 18.9. The van der Waals surface area contributed by atoms with Gasteiger partial charge in [-0.2, -0.15) is 0 Å². The molecule has 2 rings (SSSR count). The van der Waals surface area contributed by atoms with E-state index in [-0.39, 0.29) is 11.8 Å². The number of nitrogens with two attached hydrogens (primary N) is 1. The van der Waals surface area contributed by atoms with Crippen molar-refractivity contribution in [3.05, 3.63) is 28.8 Å².